The lowest BCUT2D eigenvalue weighted by Crippen LogP contribution is -2.37. The van der Waals surface area contributed by atoms with Gasteiger partial charge in [-0.3, -0.25) is 14.9 Å². The average Bonchev–Trinajstić information content (AvgIpc) is 2.36. The van der Waals surface area contributed by atoms with E-state index in [0.29, 0.717) is 18.0 Å². The van der Waals surface area contributed by atoms with E-state index in [0.717, 1.165) is 0 Å². The van der Waals surface area contributed by atoms with Crippen LogP contribution in [-0.4, -0.2) is 35.1 Å². The molecule has 110 valence electrons. The lowest BCUT2D eigenvalue weighted by molar-refractivity contribution is -0.385. The molecule has 0 aliphatic carbocycles. The predicted octanol–water partition coefficient (Wildman–Crippen LogP) is 2.08. The van der Waals surface area contributed by atoms with Crippen molar-refractivity contribution in [2.24, 2.45) is 0 Å². The molecule has 1 aromatic rings. The average molecular weight is 281 g/mol. The third-order valence-corrected chi connectivity index (χ3v) is 2.78. The number of anilines is 1. The number of nitrogens with zero attached hydrogens (tertiary/aromatic N) is 3. The summed E-state index contributed by atoms with van der Waals surface area (Å²) in [6.45, 7) is 7.43. The van der Waals surface area contributed by atoms with Gasteiger partial charge in [-0.15, -0.1) is 0 Å². The Labute approximate surface area is 117 Å². The van der Waals surface area contributed by atoms with Crippen LogP contribution >= 0.6 is 0 Å². The van der Waals surface area contributed by atoms with Gasteiger partial charge in [0.25, 0.3) is 5.69 Å². The van der Waals surface area contributed by atoms with Gasteiger partial charge in [0.1, 0.15) is 12.4 Å². The van der Waals surface area contributed by atoms with Crippen molar-refractivity contribution in [3.05, 3.63) is 27.9 Å². The number of rotatable bonds is 6. The second-order valence-electron chi connectivity index (χ2n) is 4.61. The molecule has 20 heavy (non-hydrogen) atoms. The zero-order valence-corrected chi connectivity index (χ0v) is 12.1. The molecule has 0 N–H and O–H groups in total. The number of esters is 1. The molecular formula is C13H19N3O4. The lowest BCUT2D eigenvalue weighted by atomic mass is 10.2. The second kappa shape index (κ2) is 6.83. The van der Waals surface area contributed by atoms with E-state index in [1.54, 1.807) is 18.7 Å². The van der Waals surface area contributed by atoms with Crippen LogP contribution in [0.1, 0.15) is 26.3 Å². The smallest absolute Gasteiger partial charge is 0.325 e. The molecule has 0 spiro atoms. The van der Waals surface area contributed by atoms with Crippen molar-refractivity contribution in [1.82, 2.24) is 4.98 Å². The van der Waals surface area contributed by atoms with Gasteiger partial charge in [0.05, 0.1) is 17.6 Å². The molecular weight excluding hydrogens is 262 g/mol. The van der Waals surface area contributed by atoms with Crippen LogP contribution in [-0.2, 0) is 9.53 Å². The molecule has 1 rings (SSSR count). The summed E-state index contributed by atoms with van der Waals surface area (Å²) in [4.78, 5) is 27.9. The van der Waals surface area contributed by atoms with Crippen LogP contribution in [0.4, 0.5) is 11.5 Å². The van der Waals surface area contributed by atoms with E-state index in [4.69, 9.17) is 4.74 Å². The fourth-order valence-electron chi connectivity index (χ4n) is 1.73. The van der Waals surface area contributed by atoms with Crippen LogP contribution in [0.3, 0.4) is 0 Å². The van der Waals surface area contributed by atoms with E-state index in [1.165, 1.54) is 12.3 Å². The summed E-state index contributed by atoms with van der Waals surface area (Å²) in [5.41, 5.74) is 0.475. The Hall–Kier alpha value is -2.18. The van der Waals surface area contributed by atoms with Crippen LogP contribution < -0.4 is 4.90 Å². The molecule has 0 bridgehead atoms. The summed E-state index contributed by atoms with van der Waals surface area (Å²) >= 11 is 0. The zero-order chi connectivity index (χ0) is 15.3. The number of nitro groups is 1. The first-order valence-electron chi connectivity index (χ1n) is 6.40. The van der Waals surface area contributed by atoms with Crippen molar-refractivity contribution in [3.63, 3.8) is 0 Å². The van der Waals surface area contributed by atoms with Gasteiger partial charge in [0.15, 0.2) is 0 Å². The van der Waals surface area contributed by atoms with E-state index in [9.17, 15) is 14.9 Å². The molecule has 1 aromatic heterocycles. The Bertz CT molecular complexity index is 502. The highest BCUT2D eigenvalue weighted by Gasteiger charge is 2.20. The number of aryl methyl sites for hydroxylation is 1. The molecule has 0 atom stereocenters. The van der Waals surface area contributed by atoms with Crippen molar-refractivity contribution >= 4 is 17.5 Å². The molecule has 0 unspecified atom stereocenters. The maximum absolute atomic E-state index is 11.6. The van der Waals surface area contributed by atoms with Crippen molar-refractivity contribution in [2.45, 2.75) is 33.7 Å². The second-order valence-corrected chi connectivity index (χ2v) is 4.61. The lowest BCUT2D eigenvalue weighted by Gasteiger charge is -2.26. The van der Waals surface area contributed by atoms with Crippen LogP contribution in [0.5, 0.6) is 0 Å². The fourth-order valence-corrected chi connectivity index (χ4v) is 1.73. The van der Waals surface area contributed by atoms with Gasteiger partial charge in [-0.05, 0) is 27.7 Å². The molecule has 0 fully saturated rings. The molecule has 0 aliphatic heterocycles. The summed E-state index contributed by atoms with van der Waals surface area (Å²) < 4.78 is 4.90. The predicted molar refractivity (Wildman–Crippen MR) is 74.7 cm³/mol. The number of hydrogen-bond donors (Lipinski definition) is 0. The number of ether oxygens (including phenoxy) is 1. The highest BCUT2D eigenvalue weighted by molar-refractivity contribution is 5.75. The molecule has 0 radical (unpaired) electrons. The van der Waals surface area contributed by atoms with E-state index in [-0.39, 0.29) is 24.2 Å². The summed E-state index contributed by atoms with van der Waals surface area (Å²) in [6.07, 6.45) is 1.44. The van der Waals surface area contributed by atoms with Gasteiger partial charge in [0, 0.05) is 17.8 Å². The van der Waals surface area contributed by atoms with Crippen molar-refractivity contribution in [2.75, 3.05) is 18.1 Å². The van der Waals surface area contributed by atoms with Gasteiger partial charge in [0.2, 0.25) is 0 Å². The van der Waals surface area contributed by atoms with Crippen LogP contribution in [0.15, 0.2) is 12.3 Å². The molecule has 0 saturated heterocycles. The van der Waals surface area contributed by atoms with Gasteiger partial charge in [-0.25, -0.2) is 4.98 Å². The van der Waals surface area contributed by atoms with Crippen molar-refractivity contribution < 1.29 is 14.5 Å². The monoisotopic (exact) mass is 281 g/mol. The van der Waals surface area contributed by atoms with E-state index < -0.39 is 4.92 Å². The third-order valence-electron chi connectivity index (χ3n) is 2.78. The fraction of sp³-hybridized carbons (Fsp3) is 0.538. The maximum atomic E-state index is 11.6. The Morgan fingerprint density at radius 1 is 1.55 bits per heavy atom. The minimum atomic E-state index is -0.455. The maximum Gasteiger partial charge on any atom is 0.325 e. The minimum Gasteiger partial charge on any atom is -0.465 e. The summed E-state index contributed by atoms with van der Waals surface area (Å²) in [5.74, 6) is 0.0107. The number of pyridine rings is 1. The highest BCUT2D eigenvalue weighted by Crippen LogP contribution is 2.23. The van der Waals surface area contributed by atoms with Gasteiger partial charge in [-0.2, -0.15) is 0 Å². The third kappa shape index (κ3) is 3.91. The quantitative estimate of drug-likeness (QED) is 0.451. The molecule has 0 aliphatic rings. The standard InChI is InChI=1S/C13H19N3O4/c1-5-20-13(17)8-15(9(2)3)12-6-11(16(18)19)10(4)7-14-12/h6-7,9H,5,8H2,1-4H3. The van der Waals surface area contributed by atoms with E-state index >= 15 is 0 Å². The summed E-state index contributed by atoms with van der Waals surface area (Å²) in [5, 5.41) is 11.0. The summed E-state index contributed by atoms with van der Waals surface area (Å²) in [6, 6.07) is 1.35. The van der Waals surface area contributed by atoms with Gasteiger partial charge < -0.3 is 9.64 Å². The molecule has 7 heteroatoms. The largest absolute Gasteiger partial charge is 0.465 e. The topological polar surface area (TPSA) is 85.6 Å². The van der Waals surface area contributed by atoms with E-state index in [2.05, 4.69) is 4.98 Å². The van der Waals surface area contributed by atoms with Crippen LogP contribution in [0, 0.1) is 17.0 Å². The first kappa shape index (κ1) is 15.9. The molecule has 0 saturated carbocycles. The van der Waals surface area contributed by atoms with Crippen LogP contribution in [0.25, 0.3) is 0 Å². The van der Waals surface area contributed by atoms with E-state index in [1.807, 2.05) is 13.8 Å². The first-order valence-corrected chi connectivity index (χ1v) is 6.40. The Kier molecular flexibility index (Phi) is 5.42. The number of carbonyl (C=O) groups excluding carboxylic acids is 1. The molecule has 1 heterocycles. The minimum absolute atomic E-state index is 0.00971. The first-order chi connectivity index (χ1) is 9.36. The SMILES string of the molecule is CCOC(=O)CN(c1cc([N+](=O)[O-])c(C)cn1)C(C)C. The Morgan fingerprint density at radius 2 is 2.20 bits per heavy atom. The number of carbonyl (C=O) groups is 1. The van der Waals surface area contributed by atoms with Crippen LogP contribution in [0.2, 0.25) is 0 Å². The molecule has 0 aromatic carbocycles. The molecule has 0 amide bonds. The van der Waals surface area contributed by atoms with Crippen molar-refractivity contribution in [3.8, 4) is 0 Å². The number of hydrogen-bond acceptors (Lipinski definition) is 6. The Morgan fingerprint density at radius 3 is 2.70 bits per heavy atom. The summed E-state index contributed by atoms with van der Waals surface area (Å²) in [7, 11) is 0. The highest BCUT2D eigenvalue weighted by atomic mass is 16.6. The Balaban J connectivity index is 3.06. The zero-order valence-electron chi connectivity index (χ0n) is 12.1. The number of aromatic nitrogens is 1. The van der Waals surface area contributed by atoms with Gasteiger partial charge >= 0.3 is 5.97 Å². The van der Waals surface area contributed by atoms with Gasteiger partial charge in [-0.1, -0.05) is 0 Å². The molecule has 7 nitrogen and oxygen atoms in total. The van der Waals surface area contributed by atoms with Crippen molar-refractivity contribution in [1.29, 1.82) is 0 Å². The normalized spacial score (nSPS) is 10.4.